The Morgan fingerprint density at radius 3 is 2.23 bits per heavy atom. The Balaban J connectivity index is 1.79. The van der Waals surface area contributed by atoms with Gasteiger partial charge in [-0.3, -0.25) is 0 Å². The SMILES string of the molecule is CCOC1(c2ccc(F)cc2)CCC(c2ccccc2)CC1. The smallest absolute Gasteiger partial charge is 0.123 e. The molecule has 116 valence electrons. The Bertz CT molecular complexity index is 583. The molecular formula is C20H23FO. The quantitative estimate of drug-likeness (QED) is 0.732. The first kappa shape index (κ1) is 15.2. The lowest BCUT2D eigenvalue weighted by Gasteiger charge is -2.40. The van der Waals surface area contributed by atoms with Crippen molar-refractivity contribution in [3.63, 3.8) is 0 Å². The first-order chi connectivity index (χ1) is 10.7. The van der Waals surface area contributed by atoms with Gasteiger partial charge in [-0.1, -0.05) is 42.5 Å². The molecule has 1 aliphatic rings. The number of ether oxygens (including phenoxy) is 1. The summed E-state index contributed by atoms with van der Waals surface area (Å²) in [4.78, 5) is 0. The molecule has 0 aliphatic heterocycles. The van der Waals surface area contributed by atoms with E-state index in [0.29, 0.717) is 12.5 Å². The van der Waals surface area contributed by atoms with Crippen molar-refractivity contribution in [1.29, 1.82) is 0 Å². The predicted octanol–water partition coefficient (Wildman–Crippen LogP) is 5.42. The molecule has 0 unspecified atom stereocenters. The molecule has 0 heterocycles. The molecule has 0 amide bonds. The van der Waals surface area contributed by atoms with Crippen LogP contribution in [0.1, 0.15) is 49.7 Å². The van der Waals surface area contributed by atoms with Crippen LogP contribution in [0, 0.1) is 5.82 Å². The zero-order valence-electron chi connectivity index (χ0n) is 13.1. The molecule has 1 saturated carbocycles. The first-order valence-corrected chi connectivity index (χ1v) is 8.18. The zero-order valence-corrected chi connectivity index (χ0v) is 13.1. The fraction of sp³-hybridized carbons (Fsp3) is 0.400. The molecular weight excluding hydrogens is 275 g/mol. The summed E-state index contributed by atoms with van der Waals surface area (Å²) >= 11 is 0. The summed E-state index contributed by atoms with van der Waals surface area (Å²) in [5, 5.41) is 0. The monoisotopic (exact) mass is 298 g/mol. The van der Waals surface area contributed by atoms with E-state index >= 15 is 0 Å². The van der Waals surface area contributed by atoms with E-state index in [0.717, 1.165) is 31.2 Å². The van der Waals surface area contributed by atoms with Crippen LogP contribution in [0.2, 0.25) is 0 Å². The summed E-state index contributed by atoms with van der Waals surface area (Å²) in [5.41, 5.74) is 2.29. The van der Waals surface area contributed by atoms with Gasteiger partial charge in [0, 0.05) is 6.61 Å². The van der Waals surface area contributed by atoms with Gasteiger partial charge >= 0.3 is 0 Å². The van der Waals surface area contributed by atoms with Crippen LogP contribution in [0.4, 0.5) is 4.39 Å². The zero-order chi connectivity index (χ0) is 15.4. The van der Waals surface area contributed by atoms with E-state index in [9.17, 15) is 4.39 Å². The van der Waals surface area contributed by atoms with E-state index < -0.39 is 0 Å². The molecule has 1 fully saturated rings. The molecule has 2 aromatic rings. The Labute approximate surface area is 132 Å². The highest BCUT2D eigenvalue weighted by molar-refractivity contribution is 5.26. The summed E-state index contributed by atoms with van der Waals surface area (Å²) < 4.78 is 19.4. The van der Waals surface area contributed by atoms with E-state index in [4.69, 9.17) is 4.74 Å². The predicted molar refractivity (Wildman–Crippen MR) is 87.4 cm³/mol. The lowest BCUT2D eigenvalue weighted by atomic mass is 9.73. The second kappa shape index (κ2) is 6.62. The van der Waals surface area contributed by atoms with Gasteiger partial charge in [0.25, 0.3) is 0 Å². The Hall–Kier alpha value is -1.67. The Morgan fingerprint density at radius 1 is 1.00 bits per heavy atom. The highest BCUT2D eigenvalue weighted by Gasteiger charge is 2.37. The van der Waals surface area contributed by atoms with Gasteiger partial charge in [-0.05, 0) is 61.8 Å². The summed E-state index contributed by atoms with van der Waals surface area (Å²) in [7, 11) is 0. The second-order valence-corrected chi connectivity index (χ2v) is 6.12. The summed E-state index contributed by atoms with van der Waals surface area (Å²) in [6, 6.07) is 17.6. The van der Waals surface area contributed by atoms with Crippen molar-refractivity contribution in [1.82, 2.24) is 0 Å². The second-order valence-electron chi connectivity index (χ2n) is 6.12. The molecule has 0 N–H and O–H groups in total. The standard InChI is InChI=1S/C20H23FO/c1-2-22-20(18-8-10-19(21)11-9-18)14-12-17(13-15-20)16-6-4-3-5-7-16/h3-11,17H,2,12-15H2,1H3. The normalized spacial score (nSPS) is 25.1. The maximum Gasteiger partial charge on any atom is 0.123 e. The molecule has 1 nitrogen and oxygen atoms in total. The van der Waals surface area contributed by atoms with Gasteiger partial charge in [0.05, 0.1) is 5.60 Å². The third kappa shape index (κ3) is 3.07. The fourth-order valence-electron chi connectivity index (χ4n) is 3.69. The van der Waals surface area contributed by atoms with Gasteiger partial charge in [-0.2, -0.15) is 0 Å². The van der Waals surface area contributed by atoms with E-state index in [-0.39, 0.29) is 11.4 Å². The van der Waals surface area contributed by atoms with Crippen LogP contribution in [0.25, 0.3) is 0 Å². The molecule has 2 heteroatoms. The van der Waals surface area contributed by atoms with Crippen molar-refractivity contribution in [2.75, 3.05) is 6.61 Å². The Morgan fingerprint density at radius 2 is 1.64 bits per heavy atom. The van der Waals surface area contributed by atoms with Crippen molar-refractivity contribution in [2.45, 2.75) is 44.1 Å². The average Bonchev–Trinajstić information content (AvgIpc) is 2.57. The summed E-state index contributed by atoms with van der Waals surface area (Å²) in [5.74, 6) is 0.420. The number of hydrogen-bond donors (Lipinski definition) is 0. The Kier molecular flexibility index (Phi) is 4.58. The van der Waals surface area contributed by atoms with Crippen molar-refractivity contribution >= 4 is 0 Å². The first-order valence-electron chi connectivity index (χ1n) is 8.18. The molecule has 0 spiro atoms. The van der Waals surface area contributed by atoms with Crippen LogP contribution >= 0.6 is 0 Å². The molecule has 0 saturated heterocycles. The maximum absolute atomic E-state index is 13.2. The molecule has 0 aromatic heterocycles. The molecule has 3 rings (SSSR count). The fourth-order valence-corrected chi connectivity index (χ4v) is 3.69. The number of hydrogen-bond acceptors (Lipinski definition) is 1. The minimum Gasteiger partial charge on any atom is -0.371 e. The molecule has 1 aliphatic carbocycles. The van der Waals surface area contributed by atoms with E-state index in [1.807, 2.05) is 19.1 Å². The lowest BCUT2D eigenvalue weighted by Crippen LogP contribution is -2.34. The van der Waals surface area contributed by atoms with Crippen LogP contribution in [-0.2, 0) is 10.3 Å². The maximum atomic E-state index is 13.2. The number of halogens is 1. The highest BCUT2D eigenvalue weighted by Crippen LogP contribution is 2.45. The van der Waals surface area contributed by atoms with Crippen molar-refractivity contribution in [3.8, 4) is 0 Å². The largest absolute Gasteiger partial charge is 0.371 e. The van der Waals surface area contributed by atoms with Crippen LogP contribution in [-0.4, -0.2) is 6.61 Å². The van der Waals surface area contributed by atoms with E-state index in [1.165, 1.54) is 5.56 Å². The van der Waals surface area contributed by atoms with Crippen LogP contribution < -0.4 is 0 Å². The van der Waals surface area contributed by atoms with Gasteiger partial charge in [0.1, 0.15) is 5.82 Å². The van der Waals surface area contributed by atoms with E-state index in [2.05, 4.69) is 30.3 Å². The minimum absolute atomic E-state index is 0.187. The topological polar surface area (TPSA) is 9.23 Å². The highest BCUT2D eigenvalue weighted by atomic mass is 19.1. The van der Waals surface area contributed by atoms with Crippen LogP contribution in [0.3, 0.4) is 0 Å². The number of benzene rings is 2. The van der Waals surface area contributed by atoms with Crippen molar-refractivity contribution in [2.24, 2.45) is 0 Å². The van der Waals surface area contributed by atoms with Gasteiger partial charge < -0.3 is 4.74 Å². The molecule has 0 radical (unpaired) electrons. The van der Waals surface area contributed by atoms with Crippen LogP contribution in [0.15, 0.2) is 54.6 Å². The third-order valence-corrected chi connectivity index (χ3v) is 4.86. The molecule has 0 bridgehead atoms. The van der Waals surface area contributed by atoms with Crippen molar-refractivity contribution in [3.05, 3.63) is 71.5 Å². The molecule has 22 heavy (non-hydrogen) atoms. The lowest BCUT2D eigenvalue weighted by molar-refractivity contribution is -0.0735. The summed E-state index contributed by atoms with van der Waals surface area (Å²) in [6.07, 6.45) is 4.21. The average molecular weight is 298 g/mol. The van der Waals surface area contributed by atoms with Gasteiger partial charge in [-0.25, -0.2) is 4.39 Å². The van der Waals surface area contributed by atoms with Gasteiger partial charge in [0.2, 0.25) is 0 Å². The van der Waals surface area contributed by atoms with Gasteiger partial charge in [-0.15, -0.1) is 0 Å². The molecule has 0 atom stereocenters. The third-order valence-electron chi connectivity index (χ3n) is 4.86. The number of rotatable bonds is 4. The van der Waals surface area contributed by atoms with Crippen molar-refractivity contribution < 1.29 is 9.13 Å². The summed E-state index contributed by atoms with van der Waals surface area (Å²) in [6.45, 7) is 2.72. The van der Waals surface area contributed by atoms with Crippen LogP contribution in [0.5, 0.6) is 0 Å². The van der Waals surface area contributed by atoms with Gasteiger partial charge in [0.15, 0.2) is 0 Å². The molecule has 2 aromatic carbocycles. The van der Waals surface area contributed by atoms with E-state index in [1.54, 1.807) is 12.1 Å². The minimum atomic E-state index is -0.242.